The number of benzene rings is 2. The Labute approximate surface area is 125 Å². The summed E-state index contributed by atoms with van der Waals surface area (Å²) < 4.78 is 5.40. The molecule has 0 radical (unpaired) electrons. The standard InChI is InChI=1S/C17H22N2O2/c1-19(2)17(20)13(11-18)10-12-8-9-16(21-3)15-7-5-4-6-14(12)15/h4-9,13H,10-11,18H2,1-3H3. The van der Waals surface area contributed by atoms with E-state index in [-0.39, 0.29) is 11.8 Å². The summed E-state index contributed by atoms with van der Waals surface area (Å²) in [6.07, 6.45) is 0.637. The molecule has 0 aliphatic carbocycles. The number of nitrogens with zero attached hydrogens (tertiary/aromatic N) is 1. The van der Waals surface area contributed by atoms with Crippen molar-refractivity contribution in [2.45, 2.75) is 6.42 Å². The van der Waals surface area contributed by atoms with Crippen LogP contribution in [0.2, 0.25) is 0 Å². The first-order valence-corrected chi connectivity index (χ1v) is 7.04. The van der Waals surface area contributed by atoms with E-state index in [0.29, 0.717) is 13.0 Å². The number of rotatable bonds is 5. The zero-order valence-electron chi connectivity index (χ0n) is 12.8. The van der Waals surface area contributed by atoms with E-state index in [1.807, 2.05) is 30.3 Å². The number of hydrogen-bond acceptors (Lipinski definition) is 3. The number of carbonyl (C=O) groups excluding carboxylic acids is 1. The Morgan fingerprint density at radius 3 is 2.43 bits per heavy atom. The Morgan fingerprint density at radius 2 is 1.86 bits per heavy atom. The molecule has 0 saturated carbocycles. The van der Waals surface area contributed by atoms with Gasteiger partial charge in [-0.25, -0.2) is 0 Å². The van der Waals surface area contributed by atoms with Gasteiger partial charge in [0.05, 0.1) is 13.0 Å². The lowest BCUT2D eigenvalue weighted by Crippen LogP contribution is -2.35. The van der Waals surface area contributed by atoms with Crippen LogP contribution in [0.25, 0.3) is 10.8 Å². The third-order valence-corrected chi connectivity index (χ3v) is 3.74. The molecule has 0 bridgehead atoms. The Morgan fingerprint density at radius 1 is 1.19 bits per heavy atom. The molecule has 0 aliphatic rings. The fraction of sp³-hybridized carbons (Fsp3) is 0.353. The first-order valence-electron chi connectivity index (χ1n) is 7.04. The van der Waals surface area contributed by atoms with Gasteiger partial charge in [-0.1, -0.05) is 30.3 Å². The fourth-order valence-electron chi connectivity index (χ4n) is 2.59. The van der Waals surface area contributed by atoms with E-state index >= 15 is 0 Å². The molecule has 1 amide bonds. The molecule has 0 saturated heterocycles. The molecule has 21 heavy (non-hydrogen) atoms. The predicted molar refractivity (Wildman–Crippen MR) is 85.4 cm³/mol. The van der Waals surface area contributed by atoms with Crippen molar-refractivity contribution in [3.05, 3.63) is 42.0 Å². The minimum atomic E-state index is -0.197. The highest BCUT2D eigenvalue weighted by molar-refractivity contribution is 5.91. The Hall–Kier alpha value is -2.07. The average molecular weight is 286 g/mol. The van der Waals surface area contributed by atoms with Gasteiger partial charge in [0.15, 0.2) is 0 Å². The van der Waals surface area contributed by atoms with Crippen molar-refractivity contribution < 1.29 is 9.53 Å². The maximum Gasteiger partial charge on any atom is 0.226 e. The number of hydrogen-bond donors (Lipinski definition) is 1. The highest BCUT2D eigenvalue weighted by Crippen LogP contribution is 2.29. The second kappa shape index (κ2) is 6.59. The monoisotopic (exact) mass is 286 g/mol. The zero-order chi connectivity index (χ0) is 15.4. The lowest BCUT2D eigenvalue weighted by molar-refractivity contribution is -0.132. The molecule has 2 N–H and O–H groups in total. The van der Waals surface area contributed by atoms with E-state index in [1.165, 1.54) is 0 Å². The van der Waals surface area contributed by atoms with Crippen LogP contribution in [-0.4, -0.2) is 38.6 Å². The second-order valence-electron chi connectivity index (χ2n) is 5.34. The van der Waals surface area contributed by atoms with Crippen LogP contribution in [0.4, 0.5) is 0 Å². The molecule has 1 atom stereocenters. The van der Waals surface area contributed by atoms with Gasteiger partial charge in [0.25, 0.3) is 0 Å². The fourth-order valence-corrected chi connectivity index (χ4v) is 2.59. The van der Waals surface area contributed by atoms with E-state index in [9.17, 15) is 4.79 Å². The highest BCUT2D eigenvalue weighted by Gasteiger charge is 2.20. The van der Waals surface area contributed by atoms with Crippen molar-refractivity contribution in [1.29, 1.82) is 0 Å². The lowest BCUT2D eigenvalue weighted by atomic mass is 9.93. The largest absolute Gasteiger partial charge is 0.496 e. The van der Waals surface area contributed by atoms with Gasteiger partial charge in [0.2, 0.25) is 5.91 Å². The molecular formula is C17H22N2O2. The van der Waals surface area contributed by atoms with Crippen LogP contribution in [0, 0.1) is 5.92 Å². The van der Waals surface area contributed by atoms with Crippen LogP contribution >= 0.6 is 0 Å². The molecule has 2 aromatic rings. The first kappa shape index (κ1) is 15.3. The summed E-state index contributed by atoms with van der Waals surface area (Å²) in [5.74, 6) is 0.715. The van der Waals surface area contributed by atoms with Crippen LogP contribution in [0.1, 0.15) is 5.56 Å². The number of carbonyl (C=O) groups is 1. The molecule has 1 unspecified atom stereocenters. The van der Waals surface area contributed by atoms with Crippen molar-refractivity contribution in [3.63, 3.8) is 0 Å². The number of ether oxygens (including phenoxy) is 1. The molecule has 0 fully saturated rings. The Bertz CT molecular complexity index is 638. The Kier molecular flexibility index (Phi) is 4.81. The van der Waals surface area contributed by atoms with Gasteiger partial charge in [-0.3, -0.25) is 4.79 Å². The van der Waals surface area contributed by atoms with Crippen LogP contribution in [0.15, 0.2) is 36.4 Å². The summed E-state index contributed by atoms with van der Waals surface area (Å²) >= 11 is 0. The molecule has 0 spiro atoms. The topological polar surface area (TPSA) is 55.6 Å². The van der Waals surface area contributed by atoms with E-state index in [2.05, 4.69) is 6.07 Å². The molecular weight excluding hydrogens is 264 g/mol. The summed E-state index contributed by atoms with van der Waals surface area (Å²) in [7, 11) is 5.19. The van der Waals surface area contributed by atoms with Gasteiger partial charge in [-0.2, -0.15) is 0 Å². The van der Waals surface area contributed by atoms with Gasteiger partial charge in [0, 0.05) is 26.0 Å². The predicted octanol–water partition coefficient (Wildman–Crippen LogP) is 2.05. The quantitative estimate of drug-likeness (QED) is 0.915. The first-order chi connectivity index (χ1) is 10.1. The molecule has 0 heterocycles. The van der Waals surface area contributed by atoms with E-state index in [1.54, 1.807) is 26.1 Å². The third kappa shape index (κ3) is 3.16. The number of nitrogens with two attached hydrogens (primary N) is 1. The molecule has 112 valence electrons. The number of fused-ring (bicyclic) bond motifs is 1. The molecule has 2 rings (SSSR count). The SMILES string of the molecule is COc1ccc(CC(CN)C(=O)N(C)C)c2ccccc12. The second-order valence-corrected chi connectivity index (χ2v) is 5.34. The molecule has 0 aliphatic heterocycles. The van der Waals surface area contributed by atoms with Gasteiger partial charge in [0.1, 0.15) is 5.75 Å². The zero-order valence-corrected chi connectivity index (χ0v) is 12.8. The van der Waals surface area contributed by atoms with Crippen molar-refractivity contribution in [2.24, 2.45) is 11.7 Å². The summed E-state index contributed by atoms with van der Waals surface area (Å²) in [6.45, 7) is 0.345. The van der Waals surface area contributed by atoms with E-state index in [4.69, 9.17) is 10.5 Å². The third-order valence-electron chi connectivity index (χ3n) is 3.74. The maximum absolute atomic E-state index is 12.2. The molecule has 4 nitrogen and oxygen atoms in total. The molecule has 0 aromatic heterocycles. The Balaban J connectivity index is 2.41. The summed E-state index contributed by atoms with van der Waals surface area (Å²) in [4.78, 5) is 13.8. The van der Waals surface area contributed by atoms with Gasteiger partial charge < -0.3 is 15.4 Å². The van der Waals surface area contributed by atoms with Crippen LogP contribution < -0.4 is 10.5 Å². The highest BCUT2D eigenvalue weighted by atomic mass is 16.5. The van der Waals surface area contributed by atoms with Gasteiger partial charge >= 0.3 is 0 Å². The van der Waals surface area contributed by atoms with Crippen molar-refractivity contribution in [1.82, 2.24) is 4.90 Å². The lowest BCUT2D eigenvalue weighted by Gasteiger charge is -2.20. The minimum absolute atomic E-state index is 0.0670. The molecule has 2 aromatic carbocycles. The van der Waals surface area contributed by atoms with Crippen LogP contribution in [0.3, 0.4) is 0 Å². The van der Waals surface area contributed by atoms with Gasteiger partial charge in [-0.05, 0) is 23.4 Å². The van der Waals surface area contributed by atoms with Crippen molar-refractivity contribution in [2.75, 3.05) is 27.7 Å². The molecule has 4 heteroatoms. The van der Waals surface area contributed by atoms with Gasteiger partial charge in [-0.15, -0.1) is 0 Å². The van der Waals surface area contributed by atoms with E-state index < -0.39 is 0 Å². The summed E-state index contributed by atoms with van der Waals surface area (Å²) in [6, 6.07) is 12.0. The summed E-state index contributed by atoms with van der Waals surface area (Å²) in [5, 5.41) is 2.17. The van der Waals surface area contributed by atoms with Crippen molar-refractivity contribution >= 4 is 16.7 Å². The van der Waals surface area contributed by atoms with E-state index in [0.717, 1.165) is 22.1 Å². The van der Waals surface area contributed by atoms with Crippen LogP contribution in [-0.2, 0) is 11.2 Å². The number of methoxy groups -OCH3 is 1. The van der Waals surface area contributed by atoms with Crippen molar-refractivity contribution in [3.8, 4) is 5.75 Å². The smallest absolute Gasteiger partial charge is 0.226 e. The minimum Gasteiger partial charge on any atom is -0.496 e. The maximum atomic E-state index is 12.2. The number of amides is 1. The van der Waals surface area contributed by atoms with Crippen LogP contribution in [0.5, 0.6) is 5.75 Å². The normalized spacial score (nSPS) is 12.2. The average Bonchev–Trinajstić information content (AvgIpc) is 2.51. The summed E-state index contributed by atoms with van der Waals surface area (Å²) in [5.41, 5.74) is 6.91.